The number of halogens is 2. The van der Waals surface area contributed by atoms with E-state index in [1.807, 2.05) is 0 Å². The Kier molecular flexibility index (Phi) is 4.57. The van der Waals surface area contributed by atoms with Gasteiger partial charge in [0.2, 0.25) is 0 Å². The lowest BCUT2D eigenvalue weighted by Crippen LogP contribution is -2.07. The third kappa shape index (κ3) is 3.40. The van der Waals surface area contributed by atoms with Crippen LogP contribution in [0.2, 0.25) is 10.0 Å². The molecule has 0 fully saturated rings. The molecule has 0 saturated heterocycles. The van der Waals surface area contributed by atoms with E-state index in [0.717, 1.165) is 0 Å². The zero-order valence-electron chi connectivity index (χ0n) is 12.8. The fraction of sp³-hybridized carbons (Fsp3) is 0.0588. The minimum Gasteiger partial charge on any atom is -0.312 e. The molecule has 8 heteroatoms. The second-order valence-electron chi connectivity index (χ2n) is 5.30. The number of rotatable bonds is 3. The largest absolute Gasteiger partial charge is 0.368 e. The Bertz CT molecular complexity index is 967. The van der Waals surface area contributed by atoms with Crippen molar-refractivity contribution in [3.8, 4) is 0 Å². The van der Waals surface area contributed by atoms with Crippen molar-refractivity contribution >= 4 is 46.6 Å². The molecule has 0 bridgehead atoms. The van der Waals surface area contributed by atoms with Crippen LogP contribution in [0.5, 0.6) is 0 Å². The van der Waals surface area contributed by atoms with E-state index in [9.17, 15) is 14.9 Å². The van der Waals surface area contributed by atoms with Gasteiger partial charge in [0.25, 0.3) is 5.69 Å². The summed E-state index contributed by atoms with van der Waals surface area (Å²) in [7, 11) is 0. The SMILES string of the molecule is Cc1ccc(C2=NOC(=O)/C2=C\c2ccc(Cl)cc2Cl)cc1[N+](=O)[O-]. The molecule has 126 valence electrons. The van der Waals surface area contributed by atoms with Gasteiger partial charge in [-0.15, -0.1) is 0 Å². The fourth-order valence-corrected chi connectivity index (χ4v) is 2.81. The maximum absolute atomic E-state index is 12.0. The highest BCUT2D eigenvalue weighted by Gasteiger charge is 2.28. The van der Waals surface area contributed by atoms with Crippen molar-refractivity contribution in [3.63, 3.8) is 0 Å². The van der Waals surface area contributed by atoms with Crippen LogP contribution in [0.1, 0.15) is 16.7 Å². The third-order valence-corrected chi connectivity index (χ3v) is 4.20. The van der Waals surface area contributed by atoms with E-state index < -0.39 is 10.9 Å². The Morgan fingerprint density at radius 2 is 1.96 bits per heavy atom. The minimum absolute atomic E-state index is 0.0663. The van der Waals surface area contributed by atoms with E-state index in [4.69, 9.17) is 28.0 Å². The van der Waals surface area contributed by atoms with Crippen LogP contribution in [0, 0.1) is 17.0 Å². The molecular formula is C17H10Cl2N2O4. The molecule has 3 rings (SSSR count). The number of carbonyl (C=O) groups excluding carboxylic acids is 1. The first-order valence-electron chi connectivity index (χ1n) is 7.08. The Morgan fingerprint density at radius 3 is 2.64 bits per heavy atom. The van der Waals surface area contributed by atoms with Crippen LogP contribution in [0.25, 0.3) is 6.08 Å². The number of nitrogens with zero attached hydrogens (tertiary/aromatic N) is 2. The first-order valence-corrected chi connectivity index (χ1v) is 7.84. The van der Waals surface area contributed by atoms with Crippen LogP contribution >= 0.6 is 23.2 Å². The molecule has 0 aromatic heterocycles. The van der Waals surface area contributed by atoms with Crippen LogP contribution < -0.4 is 0 Å². The van der Waals surface area contributed by atoms with Gasteiger partial charge < -0.3 is 4.84 Å². The highest BCUT2D eigenvalue weighted by molar-refractivity contribution is 6.36. The predicted molar refractivity (Wildman–Crippen MR) is 94.9 cm³/mol. The molecule has 1 heterocycles. The molecule has 0 saturated carbocycles. The number of oxime groups is 1. The van der Waals surface area contributed by atoms with Crippen LogP contribution in [-0.2, 0) is 9.63 Å². The standard InChI is InChI=1S/C17H10Cl2N2O4/c1-9-2-3-11(7-15(9)21(23)24)16-13(17(22)25-20-16)6-10-4-5-12(18)8-14(10)19/h2-8H,1H3/b13-6-. The van der Waals surface area contributed by atoms with Gasteiger partial charge in [0, 0.05) is 27.2 Å². The first-order chi connectivity index (χ1) is 11.9. The lowest BCUT2D eigenvalue weighted by molar-refractivity contribution is -0.385. The molecule has 0 spiro atoms. The van der Waals surface area contributed by atoms with Crippen LogP contribution in [0.3, 0.4) is 0 Å². The minimum atomic E-state index is -0.663. The number of carbonyl (C=O) groups is 1. The van der Waals surface area contributed by atoms with Crippen LogP contribution in [-0.4, -0.2) is 16.6 Å². The number of aryl methyl sites for hydroxylation is 1. The van der Waals surface area contributed by atoms with E-state index in [1.54, 1.807) is 37.3 Å². The van der Waals surface area contributed by atoms with Gasteiger partial charge in [0.1, 0.15) is 5.71 Å². The summed E-state index contributed by atoms with van der Waals surface area (Å²) >= 11 is 12.0. The second-order valence-corrected chi connectivity index (χ2v) is 6.14. The van der Waals surface area contributed by atoms with E-state index in [2.05, 4.69) is 5.16 Å². The van der Waals surface area contributed by atoms with Gasteiger partial charge >= 0.3 is 5.97 Å². The zero-order chi connectivity index (χ0) is 18.1. The van der Waals surface area contributed by atoms with Crippen molar-refractivity contribution in [3.05, 3.63) is 78.8 Å². The molecule has 0 aliphatic carbocycles. The molecule has 0 unspecified atom stereocenters. The van der Waals surface area contributed by atoms with E-state index in [0.29, 0.717) is 26.7 Å². The second kappa shape index (κ2) is 6.66. The van der Waals surface area contributed by atoms with E-state index in [-0.39, 0.29) is 17.0 Å². The third-order valence-electron chi connectivity index (χ3n) is 3.64. The van der Waals surface area contributed by atoms with Gasteiger partial charge in [-0.3, -0.25) is 10.1 Å². The Morgan fingerprint density at radius 1 is 1.20 bits per heavy atom. The van der Waals surface area contributed by atoms with Crippen molar-refractivity contribution in [1.82, 2.24) is 0 Å². The molecular weight excluding hydrogens is 367 g/mol. The molecule has 2 aromatic carbocycles. The molecule has 0 amide bonds. The van der Waals surface area contributed by atoms with Crippen molar-refractivity contribution in [2.45, 2.75) is 6.92 Å². The lowest BCUT2D eigenvalue weighted by Gasteiger charge is -2.04. The maximum Gasteiger partial charge on any atom is 0.368 e. The maximum atomic E-state index is 12.0. The van der Waals surface area contributed by atoms with Crippen molar-refractivity contribution in [2.75, 3.05) is 0 Å². The lowest BCUT2D eigenvalue weighted by atomic mass is 9.99. The molecule has 0 atom stereocenters. The molecule has 0 radical (unpaired) electrons. The summed E-state index contributed by atoms with van der Waals surface area (Å²) in [6.45, 7) is 1.63. The van der Waals surface area contributed by atoms with E-state index in [1.165, 1.54) is 12.1 Å². The van der Waals surface area contributed by atoms with Gasteiger partial charge in [-0.2, -0.15) is 0 Å². The van der Waals surface area contributed by atoms with E-state index >= 15 is 0 Å². The summed E-state index contributed by atoms with van der Waals surface area (Å²) in [6, 6.07) is 9.41. The van der Waals surface area contributed by atoms with Crippen molar-refractivity contribution in [1.29, 1.82) is 0 Å². The molecule has 0 N–H and O–H groups in total. The van der Waals surface area contributed by atoms with Gasteiger partial charge in [0.15, 0.2) is 0 Å². The summed E-state index contributed by atoms with van der Waals surface area (Å²) in [6.07, 6.45) is 1.51. The van der Waals surface area contributed by atoms with Gasteiger partial charge in [-0.05, 0) is 30.7 Å². The Hall–Kier alpha value is -2.70. The summed E-state index contributed by atoms with van der Waals surface area (Å²) in [4.78, 5) is 27.4. The number of nitro benzene ring substituents is 1. The fourth-order valence-electron chi connectivity index (χ4n) is 2.35. The van der Waals surface area contributed by atoms with Crippen LogP contribution in [0.4, 0.5) is 5.69 Å². The molecule has 6 nitrogen and oxygen atoms in total. The molecule has 25 heavy (non-hydrogen) atoms. The van der Waals surface area contributed by atoms with Crippen molar-refractivity contribution < 1.29 is 14.6 Å². The zero-order valence-corrected chi connectivity index (χ0v) is 14.3. The Balaban J connectivity index is 2.07. The number of nitro groups is 1. The molecule has 2 aromatic rings. The summed E-state index contributed by atoms with van der Waals surface area (Å²) < 4.78 is 0. The molecule has 1 aliphatic rings. The van der Waals surface area contributed by atoms with Gasteiger partial charge in [0.05, 0.1) is 10.5 Å². The van der Waals surface area contributed by atoms with Gasteiger partial charge in [-0.1, -0.05) is 46.6 Å². The Labute approximate surface area is 152 Å². The normalized spacial score (nSPS) is 15.2. The first kappa shape index (κ1) is 17.1. The topological polar surface area (TPSA) is 81.8 Å². The number of hydrogen-bond acceptors (Lipinski definition) is 5. The monoisotopic (exact) mass is 376 g/mol. The smallest absolute Gasteiger partial charge is 0.312 e. The highest BCUT2D eigenvalue weighted by Crippen LogP contribution is 2.28. The predicted octanol–water partition coefficient (Wildman–Crippen LogP) is 4.55. The summed E-state index contributed by atoms with van der Waals surface area (Å²) in [5, 5.41) is 15.7. The summed E-state index contributed by atoms with van der Waals surface area (Å²) in [5.41, 5.74) is 1.75. The summed E-state index contributed by atoms with van der Waals surface area (Å²) in [5.74, 6) is -0.663. The number of hydrogen-bond donors (Lipinski definition) is 0. The van der Waals surface area contributed by atoms with Gasteiger partial charge in [-0.25, -0.2) is 4.79 Å². The highest BCUT2D eigenvalue weighted by atomic mass is 35.5. The number of benzene rings is 2. The quantitative estimate of drug-likeness (QED) is 0.340. The molecule has 1 aliphatic heterocycles. The van der Waals surface area contributed by atoms with Crippen molar-refractivity contribution in [2.24, 2.45) is 5.16 Å². The average molecular weight is 377 g/mol. The van der Waals surface area contributed by atoms with Crippen LogP contribution in [0.15, 0.2) is 47.1 Å². The average Bonchev–Trinajstić information content (AvgIpc) is 2.91.